The molecule has 8 heteroatoms. The molecule has 2 aromatic rings. The number of thiazole rings is 1. The number of aliphatic imine (C=N–C) groups is 1. The maximum atomic E-state index is 10.5. The zero-order chi connectivity index (χ0) is 16.2. The minimum Gasteiger partial charge on any atom is -0.466 e. The van der Waals surface area contributed by atoms with E-state index in [9.17, 15) is 5.11 Å². The van der Waals surface area contributed by atoms with E-state index >= 15 is 0 Å². The van der Waals surface area contributed by atoms with E-state index in [1.807, 2.05) is 24.3 Å². The lowest BCUT2D eigenvalue weighted by molar-refractivity contribution is 0.0381. The predicted octanol–water partition coefficient (Wildman–Crippen LogP) is 2.58. The fraction of sp³-hybridized carbons (Fsp3) is 0.467. The molecule has 0 aromatic carbocycles. The molecule has 2 rings (SSSR count). The van der Waals surface area contributed by atoms with Crippen molar-refractivity contribution in [3.8, 4) is 0 Å². The molecule has 0 amide bonds. The van der Waals surface area contributed by atoms with E-state index in [0.717, 1.165) is 10.7 Å². The van der Waals surface area contributed by atoms with Gasteiger partial charge < -0.3 is 19.7 Å². The Balaban J connectivity index is 0.00000264. The minimum absolute atomic E-state index is 0. The second-order valence-electron chi connectivity index (χ2n) is 5.37. The fourth-order valence-corrected chi connectivity index (χ4v) is 2.71. The van der Waals surface area contributed by atoms with E-state index in [1.54, 1.807) is 43.7 Å². The van der Waals surface area contributed by atoms with Crippen molar-refractivity contribution in [2.75, 3.05) is 20.6 Å². The van der Waals surface area contributed by atoms with Gasteiger partial charge in [-0.3, -0.25) is 4.99 Å². The fourth-order valence-electron chi connectivity index (χ4n) is 2.11. The Hall–Kier alpha value is -1.13. The Kier molecular flexibility index (Phi) is 7.49. The van der Waals surface area contributed by atoms with Gasteiger partial charge in [-0.05, 0) is 26.0 Å². The monoisotopic (exact) mass is 450 g/mol. The maximum absolute atomic E-state index is 10.5. The van der Waals surface area contributed by atoms with Crippen molar-refractivity contribution in [1.29, 1.82) is 0 Å². The Morgan fingerprint density at radius 2 is 2.30 bits per heavy atom. The molecular formula is C15H23IN4O2S. The number of nitrogens with zero attached hydrogens (tertiary/aromatic N) is 3. The van der Waals surface area contributed by atoms with Gasteiger partial charge in [-0.15, -0.1) is 35.3 Å². The zero-order valence-corrected chi connectivity index (χ0v) is 16.9. The Morgan fingerprint density at radius 1 is 1.57 bits per heavy atom. The maximum Gasteiger partial charge on any atom is 0.193 e. The summed E-state index contributed by atoms with van der Waals surface area (Å²) in [6, 6.07) is 3.52. The van der Waals surface area contributed by atoms with Crippen LogP contribution in [-0.2, 0) is 12.1 Å². The molecule has 0 aliphatic carbocycles. The summed E-state index contributed by atoms with van der Waals surface area (Å²) in [5.74, 6) is 1.21. The number of hydrogen-bond acceptors (Lipinski definition) is 5. The molecule has 0 aliphatic rings. The summed E-state index contributed by atoms with van der Waals surface area (Å²) in [5.41, 5.74) is -0.0944. The Labute approximate surface area is 157 Å². The summed E-state index contributed by atoms with van der Waals surface area (Å²) >= 11 is 1.63. The van der Waals surface area contributed by atoms with Crippen LogP contribution in [0.4, 0.5) is 0 Å². The number of rotatable bonds is 5. The van der Waals surface area contributed by atoms with E-state index in [0.29, 0.717) is 24.8 Å². The van der Waals surface area contributed by atoms with Crippen molar-refractivity contribution in [1.82, 2.24) is 15.2 Å². The molecule has 23 heavy (non-hydrogen) atoms. The number of guanidine groups is 1. The second-order valence-corrected chi connectivity index (χ2v) is 6.43. The first kappa shape index (κ1) is 19.9. The van der Waals surface area contributed by atoms with E-state index in [-0.39, 0.29) is 24.0 Å². The van der Waals surface area contributed by atoms with Gasteiger partial charge in [-0.1, -0.05) is 0 Å². The quantitative estimate of drug-likeness (QED) is 0.416. The third-order valence-electron chi connectivity index (χ3n) is 3.28. The number of hydrogen-bond donors (Lipinski definition) is 2. The molecule has 1 unspecified atom stereocenters. The minimum atomic E-state index is -1.10. The molecule has 2 heterocycles. The van der Waals surface area contributed by atoms with Crippen molar-refractivity contribution in [3.05, 3.63) is 40.2 Å². The van der Waals surface area contributed by atoms with Crippen molar-refractivity contribution < 1.29 is 9.52 Å². The van der Waals surface area contributed by atoms with Gasteiger partial charge in [0.05, 0.1) is 30.1 Å². The van der Waals surface area contributed by atoms with Gasteiger partial charge in [0, 0.05) is 19.5 Å². The van der Waals surface area contributed by atoms with Crippen molar-refractivity contribution in [2.24, 2.45) is 4.99 Å². The number of aryl methyl sites for hydroxylation is 1. The zero-order valence-electron chi connectivity index (χ0n) is 13.7. The SMILES string of the molecule is CN=C(NCC(C)(O)c1ccco1)N(C)Cc1csc(C)n1.I. The van der Waals surface area contributed by atoms with Gasteiger partial charge >= 0.3 is 0 Å². The normalized spacial score (nSPS) is 14.0. The number of nitrogens with one attached hydrogen (secondary N) is 1. The number of halogens is 1. The second kappa shape index (κ2) is 8.65. The molecular weight excluding hydrogens is 427 g/mol. The van der Waals surface area contributed by atoms with Crippen LogP contribution in [-0.4, -0.2) is 41.6 Å². The van der Waals surface area contributed by atoms with Crippen LogP contribution >= 0.6 is 35.3 Å². The standard InChI is InChI=1S/C15H22N4O2S.HI/c1-11-18-12(9-22-11)8-19(4)14(16-3)17-10-15(2,20)13-6-5-7-21-13;/h5-7,9,20H,8,10H2,1-4H3,(H,16,17);1H. The number of aromatic nitrogens is 1. The first-order valence-corrected chi connectivity index (χ1v) is 7.89. The largest absolute Gasteiger partial charge is 0.466 e. The average Bonchev–Trinajstić information content (AvgIpc) is 3.11. The van der Waals surface area contributed by atoms with Gasteiger partial charge in [0.25, 0.3) is 0 Å². The van der Waals surface area contributed by atoms with Gasteiger partial charge in [-0.25, -0.2) is 4.98 Å². The predicted molar refractivity (Wildman–Crippen MR) is 103 cm³/mol. The van der Waals surface area contributed by atoms with Gasteiger partial charge in [0.15, 0.2) is 5.96 Å². The van der Waals surface area contributed by atoms with Crippen LogP contribution < -0.4 is 5.32 Å². The first-order chi connectivity index (χ1) is 10.4. The molecule has 1 atom stereocenters. The molecule has 0 bridgehead atoms. The highest BCUT2D eigenvalue weighted by atomic mass is 127. The highest BCUT2D eigenvalue weighted by Gasteiger charge is 2.26. The molecule has 2 N–H and O–H groups in total. The highest BCUT2D eigenvalue weighted by Crippen LogP contribution is 2.19. The number of aliphatic hydroxyl groups is 1. The Bertz CT molecular complexity index is 625. The summed E-state index contributed by atoms with van der Waals surface area (Å²) in [6.45, 7) is 4.65. The van der Waals surface area contributed by atoms with E-state index in [1.165, 1.54) is 0 Å². The topological polar surface area (TPSA) is 73.9 Å². The van der Waals surface area contributed by atoms with Crippen LogP contribution in [0.25, 0.3) is 0 Å². The van der Waals surface area contributed by atoms with E-state index in [4.69, 9.17) is 4.42 Å². The molecule has 0 saturated carbocycles. The third-order valence-corrected chi connectivity index (χ3v) is 4.10. The summed E-state index contributed by atoms with van der Waals surface area (Å²) in [7, 11) is 3.65. The lowest BCUT2D eigenvalue weighted by Crippen LogP contribution is -2.44. The molecule has 2 aromatic heterocycles. The molecule has 0 saturated heterocycles. The smallest absolute Gasteiger partial charge is 0.193 e. The summed E-state index contributed by atoms with van der Waals surface area (Å²) in [4.78, 5) is 10.7. The molecule has 128 valence electrons. The molecule has 0 fully saturated rings. The molecule has 0 spiro atoms. The molecule has 6 nitrogen and oxygen atoms in total. The van der Waals surface area contributed by atoms with Crippen LogP contribution in [0.3, 0.4) is 0 Å². The molecule has 0 aliphatic heterocycles. The first-order valence-electron chi connectivity index (χ1n) is 7.01. The van der Waals surface area contributed by atoms with E-state index < -0.39 is 5.60 Å². The van der Waals surface area contributed by atoms with Crippen molar-refractivity contribution >= 4 is 41.3 Å². The van der Waals surface area contributed by atoms with Crippen LogP contribution in [0.1, 0.15) is 23.4 Å². The summed E-state index contributed by atoms with van der Waals surface area (Å²) in [6.07, 6.45) is 1.55. The third kappa shape index (κ3) is 5.47. The van der Waals surface area contributed by atoms with Gasteiger partial charge in [0.2, 0.25) is 0 Å². The van der Waals surface area contributed by atoms with Crippen molar-refractivity contribution in [2.45, 2.75) is 26.0 Å². The average molecular weight is 450 g/mol. The lowest BCUT2D eigenvalue weighted by Gasteiger charge is -2.26. The lowest BCUT2D eigenvalue weighted by atomic mass is 10.0. The van der Waals surface area contributed by atoms with Gasteiger partial charge in [-0.2, -0.15) is 0 Å². The van der Waals surface area contributed by atoms with E-state index in [2.05, 4.69) is 15.3 Å². The van der Waals surface area contributed by atoms with Crippen LogP contribution in [0.5, 0.6) is 0 Å². The number of furan rings is 1. The van der Waals surface area contributed by atoms with Crippen LogP contribution in [0, 0.1) is 6.92 Å². The highest BCUT2D eigenvalue weighted by molar-refractivity contribution is 14.0. The van der Waals surface area contributed by atoms with Crippen LogP contribution in [0.2, 0.25) is 0 Å². The van der Waals surface area contributed by atoms with Gasteiger partial charge in [0.1, 0.15) is 11.4 Å². The van der Waals surface area contributed by atoms with Crippen molar-refractivity contribution in [3.63, 3.8) is 0 Å². The van der Waals surface area contributed by atoms with Crippen LogP contribution in [0.15, 0.2) is 33.2 Å². The summed E-state index contributed by atoms with van der Waals surface area (Å²) < 4.78 is 5.27. The molecule has 0 radical (unpaired) electrons. The summed E-state index contributed by atoms with van der Waals surface area (Å²) in [5, 5.41) is 16.7. The Morgan fingerprint density at radius 3 is 2.83 bits per heavy atom.